The molecule has 0 bridgehead atoms. The fourth-order valence-corrected chi connectivity index (χ4v) is 4.72. The highest BCUT2D eigenvalue weighted by Crippen LogP contribution is 2.31. The van der Waals surface area contributed by atoms with Gasteiger partial charge >= 0.3 is 0 Å². The molecule has 0 radical (unpaired) electrons. The molecule has 5 heteroatoms. The molecule has 1 aliphatic rings. The molecule has 1 unspecified atom stereocenters. The molecule has 1 aliphatic carbocycles. The van der Waals surface area contributed by atoms with Crippen molar-refractivity contribution in [1.29, 1.82) is 0 Å². The Hall–Kier alpha value is -0.970. The average molecular weight is 299 g/mol. The molecule has 1 fully saturated rings. The molecular weight excluding hydrogens is 277 g/mol. The van der Waals surface area contributed by atoms with Crippen LogP contribution in [0.4, 0.5) is 4.39 Å². The number of halogens is 1. The van der Waals surface area contributed by atoms with Crippen molar-refractivity contribution in [2.75, 3.05) is 0 Å². The summed E-state index contributed by atoms with van der Waals surface area (Å²) in [7, 11) is -3.33. The highest BCUT2D eigenvalue weighted by molar-refractivity contribution is 7.91. The van der Waals surface area contributed by atoms with Crippen LogP contribution in [-0.4, -0.2) is 18.7 Å². The van der Waals surface area contributed by atoms with E-state index >= 15 is 0 Å². The Morgan fingerprint density at radius 1 is 1.35 bits per heavy atom. The quantitative estimate of drug-likeness (QED) is 0.800. The van der Waals surface area contributed by atoms with E-state index in [9.17, 15) is 12.8 Å². The summed E-state index contributed by atoms with van der Waals surface area (Å²) in [6, 6.07) is 1.58. The normalized spacial score (nSPS) is 18.9. The summed E-state index contributed by atoms with van der Waals surface area (Å²) in [5, 5.41) is -0.400. The molecule has 1 aromatic rings. The largest absolute Gasteiger partial charge is 0.228 e. The van der Waals surface area contributed by atoms with E-state index in [1.165, 1.54) is 12.6 Å². The molecular formula is C15H22FNO2S. The fraction of sp³-hybridized carbons (Fsp3) is 0.667. The number of sulfone groups is 1. The van der Waals surface area contributed by atoms with Gasteiger partial charge in [0.1, 0.15) is 0 Å². The summed E-state index contributed by atoms with van der Waals surface area (Å²) >= 11 is 0. The zero-order chi connectivity index (χ0) is 14.8. The van der Waals surface area contributed by atoms with Crippen molar-refractivity contribution < 1.29 is 12.8 Å². The Bertz CT molecular complexity index is 565. The number of aromatic nitrogens is 1. The zero-order valence-corrected chi connectivity index (χ0v) is 12.9. The van der Waals surface area contributed by atoms with Crippen molar-refractivity contribution >= 4 is 9.84 Å². The van der Waals surface area contributed by atoms with Crippen molar-refractivity contribution in [3.05, 3.63) is 29.3 Å². The lowest BCUT2D eigenvalue weighted by molar-refractivity contribution is 0.348. The Balaban J connectivity index is 2.15. The van der Waals surface area contributed by atoms with Gasteiger partial charge in [-0.3, -0.25) is 0 Å². The van der Waals surface area contributed by atoms with E-state index in [-0.39, 0.29) is 17.2 Å². The third-order valence-corrected chi connectivity index (χ3v) is 6.52. The Morgan fingerprint density at radius 3 is 2.65 bits per heavy atom. The van der Waals surface area contributed by atoms with Crippen molar-refractivity contribution in [1.82, 2.24) is 4.98 Å². The van der Waals surface area contributed by atoms with Crippen LogP contribution < -0.4 is 0 Å². The Morgan fingerprint density at radius 2 is 2.00 bits per heavy atom. The van der Waals surface area contributed by atoms with Crippen LogP contribution in [0.3, 0.4) is 0 Å². The lowest BCUT2D eigenvalue weighted by Gasteiger charge is -2.27. The van der Waals surface area contributed by atoms with E-state index in [1.54, 1.807) is 19.9 Å². The van der Waals surface area contributed by atoms with Crippen LogP contribution in [0.5, 0.6) is 0 Å². The molecule has 3 nitrogen and oxygen atoms in total. The SMILES string of the molecule is Cc1cnc(F)c(CS(=O)(=O)C(C)C2CCCCC2)c1. The first-order valence-electron chi connectivity index (χ1n) is 7.23. The molecule has 1 atom stereocenters. The molecule has 1 aromatic heterocycles. The number of aryl methyl sites for hydroxylation is 1. The molecule has 1 saturated carbocycles. The zero-order valence-electron chi connectivity index (χ0n) is 12.1. The minimum Gasteiger partial charge on any atom is -0.228 e. The van der Waals surface area contributed by atoms with E-state index in [0.29, 0.717) is 0 Å². The first kappa shape index (κ1) is 15.4. The second-order valence-corrected chi connectivity index (χ2v) is 8.23. The summed E-state index contributed by atoms with van der Waals surface area (Å²) < 4.78 is 38.6. The predicted octanol–water partition coefficient (Wildman–Crippen LogP) is 3.41. The third kappa shape index (κ3) is 3.57. The summed E-state index contributed by atoms with van der Waals surface area (Å²) in [5.41, 5.74) is 0.967. The number of hydrogen-bond acceptors (Lipinski definition) is 3. The Labute approximate surface area is 120 Å². The monoisotopic (exact) mass is 299 g/mol. The maximum absolute atomic E-state index is 13.6. The van der Waals surface area contributed by atoms with Crippen LogP contribution in [0.2, 0.25) is 0 Å². The smallest absolute Gasteiger partial charge is 0.217 e. The summed E-state index contributed by atoms with van der Waals surface area (Å²) in [5.74, 6) is -0.699. The van der Waals surface area contributed by atoms with Gasteiger partial charge in [-0.1, -0.05) is 19.3 Å². The number of hydrogen-bond donors (Lipinski definition) is 0. The molecule has 20 heavy (non-hydrogen) atoms. The van der Waals surface area contributed by atoms with Crippen molar-refractivity contribution in [3.63, 3.8) is 0 Å². The van der Waals surface area contributed by atoms with Gasteiger partial charge in [0.15, 0.2) is 9.84 Å². The van der Waals surface area contributed by atoms with E-state index in [2.05, 4.69) is 4.98 Å². The highest BCUT2D eigenvalue weighted by atomic mass is 32.2. The highest BCUT2D eigenvalue weighted by Gasteiger charge is 2.31. The van der Waals surface area contributed by atoms with Gasteiger partial charge in [0.05, 0.1) is 11.0 Å². The summed E-state index contributed by atoms with van der Waals surface area (Å²) in [6.45, 7) is 3.56. The number of pyridine rings is 1. The lowest BCUT2D eigenvalue weighted by atomic mass is 9.87. The number of nitrogens with zero attached hydrogens (tertiary/aromatic N) is 1. The van der Waals surface area contributed by atoms with Crippen LogP contribution in [0.25, 0.3) is 0 Å². The van der Waals surface area contributed by atoms with Crippen LogP contribution in [0, 0.1) is 18.8 Å². The molecule has 0 amide bonds. The summed E-state index contributed by atoms with van der Waals surface area (Å²) in [4.78, 5) is 3.60. The average Bonchev–Trinajstić information content (AvgIpc) is 2.43. The molecule has 0 spiro atoms. The maximum atomic E-state index is 13.6. The molecule has 0 aromatic carbocycles. The Kier molecular flexibility index (Phi) is 4.78. The first-order chi connectivity index (χ1) is 9.40. The minimum atomic E-state index is -3.33. The van der Waals surface area contributed by atoms with E-state index in [1.807, 2.05) is 0 Å². The third-order valence-electron chi connectivity index (χ3n) is 4.29. The van der Waals surface area contributed by atoms with Gasteiger partial charge in [0.25, 0.3) is 0 Å². The van der Waals surface area contributed by atoms with E-state index in [4.69, 9.17) is 0 Å². The second kappa shape index (κ2) is 6.20. The topological polar surface area (TPSA) is 47.0 Å². The van der Waals surface area contributed by atoms with Gasteiger partial charge in [0, 0.05) is 11.8 Å². The van der Waals surface area contributed by atoms with Crippen LogP contribution in [-0.2, 0) is 15.6 Å². The van der Waals surface area contributed by atoms with Gasteiger partial charge in [-0.15, -0.1) is 0 Å². The van der Waals surface area contributed by atoms with E-state index in [0.717, 1.165) is 31.2 Å². The van der Waals surface area contributed by atoms with Gasteiger partial charge < -0.3 is 0 Å². The van der Waals surface area contributed by atoms with Gasteiger partial charge in [0.2, 0.25) is 5.95 Å². The van der Waals surface area contributed by atoms with Gasteiger partial charge in [-0.2, -0.15) is 4.39 Å². The lowest BCUT2D eigenvalue weighted by Crippen LogP contribution is -2.30. The second-order valence-electron chi connectivity index (χ2n) is 5.87. The number of rotatable bonds is 4. The molecule has 2 rings (SSSR count). The van der Waals surface area contributed by atoms with Gasteiger partial charge in [-0.05, 0) is 44.2 Å². The van der Waals surface area contributed by atoms with Crippen molar-refractivity contribution in [2.45, 2.75) is 57.0 Å². The van der Waals surface area contributed by atoms with Crippen LogP contribution in [0.15, 0.2) is 12.3 Å². The molecule has 0 saturated heterocycles. The molecule has 0 aliphatic heterocycles. The van der Waals surface area contributed by atoms with Crippen LogP contribution in [0.1, 0.15) is 50.2 Å². The minimum absolute atomic E-state index is 0.188. The van der Waals surface area contributed by atoms with E-state index < -0.39 is 21.0 Å². The summed E-state index contributed by atoms with van der Waals surface area (Å²) in [6.07, 6.45) is 6.75. The fourth-order valence-electron chi connectivity index (χ4n) is 2.96. The predicted molar refractivity (Wildman–Crippen MR) is 77.6 cm³/mol. The first-order valence-corrected chi connectivity index (χ1v) is 8.94. The van der Waals surface area contributed by atoms with Crippen LogP contribution >= 0.6 is 0 Å². The molecule has 112 valence electrons. The molecule has 0 N–H and O–H groups in total. The van der Waals surface area contributed by atoms with Crippen molar-refractivity contribution in [2.24, 2.45) is 5.92 Å². The van der Waals surface area contributed by atoms with Gasteiger partial charge in [-0.25, -0.2) is 13.4 Å². The standard InChI is InChI=1S/C15H22FNO2S/c1-11-8-14(15(16)17-9-11)10-20(18,19)12(2)13-6-4-3-5-7-13/h8-9,12-13H,3-7,10H2,1-2H3. The maximum Gasteiger partial charge on any atom is 0.217 e. The van der Waals surface area contributed by atoms with Crippen molar-refractivity contribution in [3.8, 4) is 0 Å². The molecule has 1 heterocycles.